The minimum Gasteiger partial charge on any atom is -0.462 e. The summed E-state index contributed by atoms with van der Waals surface area (Å²) in [4.78, 5) is 24.8. The molecule has 1 amide bonds. The van der Waals surface area contributed by atoms with Crippen LogP contribution >= 0.6 is 11.3 Å². The largest absolute Gasteiger partial charge is 0.462 e. The highest BCUT2D eigenvalue weighted by atomic mass is 32.1. The molecule has 0 bridgehead atoms. The Morgan fingerprint density at radius 2 is 2.21 bits per heavy atom. The maximum absolute atomic E-state index is 12.5. The molecule has 2 aromatic heterocycles. The number of carbonyl (C=O) groups excluding carboxylic acids is 2. The summed E-state index contributed by atoms with van der Waals surface area (Å²) in [6, 6.07) is 3.66. The molecule has 0 aliphatic rings. The number of hydrogen-bond donors (Lipinski definition) is 1. The Labute approximate surface area is 143 Å². The fourth-order valence-electron chi connectivity index (χ4n) is 2.20. The van der Waals surface area contributed by atoms with Crippen LogP contribution in [-0.2, 0) is 4.74 Å². The lowest BCUT2D eigenvalue weighted by molar-refractivity contribution is 0.0531. The van der Waals surface area contributed by atoms with Gasteiger partial charge in [0.1, 0.15) is 21.6 Å². The van der Waals surface area contributed by atoms with Crippen LogP contribution in [0.2, 0.25) is 0 Å². The van der Waals surface area contributed by atoms with Gasteiger partial charge >= 0.3 is 5.97 Å². The van der Waals surface area contributed by atoms with Crippen LogP contribution in [0.5, 0.6) is 0 Å². The number of ether oxygens (including phenoxy) is 1. The molecule has 0 saturated carbocycles. The molecule has 1 N–H and O–H groups in total. The molecule has 24 heavy (non-hydrogen) atoms. The van der Waals surface area contributed by atoms with Gasteiger partial charge in [-0.15, -0.1) is 11.3 Å². The summed E-state index contributed by atoms with van der Waals surface area (Å²) in [5.41, 5.74) is 1.17. The van der Waals surface area contributed by atoms with E-state index in [0.717, 1.165) is 11.3 Å². The number of rotatable bonds is 5. The standard InChI is InChI=1S/C16H18N4O3S/c1-5-23-16(22)13-10(4)11(8-17)15(24-13)19-14(21)12-6-7-18-20(12)9(2)3/h6-7,9H,5H2,1-4H3,(H,19,21). The summed E-state index contributed by atoms with van der Waals surface area (Å²) in [6.07, 6.45) is 1.55. The van der Waals surface area contributed by atoms with E-state index in [0.29, 0.717) is 21.1 Å². The second-order valence-electron chi connectivity index (χ2n) is 5.30. The topological polar surface area (TPSA) is 97.0 Å². The van der Waals surface area contributed by atoms with Crippen LogP contribution in [0.4, 0.5) is 5.00 Å². The van der Waals surface area contributed by atoms with Crippen molar-refractivity contribution >= 4 is 28.2 Å². The summed E-state index contributed by atoms with van der Waals surface area (Å²) in [7, 11) is 0. The van der Waals surface area contributed by atoms with Gasteiger partial charge in [0.15, 0.2) is 0 Å². The average molecular weight is 346 g/mol. The zero-order valence-electron chi connectivity index (χ0n) is 13.9. The van der Waals surface area contributed by atoms with Gasteiger partial charge in [-0.2, -0.15) is 10.4 Å². The van der Waals surface area contributed by atoms with Crippen molar-refractivity contribution in [2.75, 3.05) is 11.9 Å². The molecule has 0 fully saturated rings. The highest BCUT2D eigenvalue weighted by Crippen LogP contribution is 2.33. The number of nitrogens with zero attached hydrogens (tertiary/aromatic N) is 3. The van der Waals surface area contributed by atoms with Gasteiger partial charge < -0.3 is 10.1 Å². The van der Waals surface area contributed by atoms with Crippen molar-refractivity contribution in [1.82, 2.24) is 9.78 Å². The first-order valence-corrected chi connectivity index (χ1v) is 8.27. The third kappa shape index (κ3) is 3.31. The predicted octanol–water partition coefficient (Wildman–Crippen LogP) is 3.13. The normalized spacial score (nSPS) is 10.5. The number of thiophene rings is 1. The van der Waals surface area contributed by atoms with Gasteiger partial charge in [-0.3, -0.25) is 9.48 Å². The van der Waals surface area contributed by atoms with Crippen molar-refractivity contribution in [2.24, 2.45) is 0 Å². The monoisotopic (exact) mass is 346 g/mol. The SMILES string of the molecule is CCOC(=O)c1sc(NC(=O)c2ccnn2C(C)C)c(C#N)c1C. The maximum Gasteiger partial charge on any atom is 0.348 e. The molecule has 0 spiro atoms. The minimum absolute atomic E-state index is 0.0244. The fraction of sp³-hybridized carbons (Fsp3) is 0.375. The van der Waals surface area contributed by atoms with Gasteiger partial charge in [-0.25, -0.2) is 4.79 Å². The molecule has 0 aliphatic heterocycles. The Kier molecular flexibility index (Phi) is 5.36. The first-order valence-electron chi connectivity index (χ1n) is 7.46. The summed E-state index contributed by atoms with van der Waals surface area (Å²) < 4.78 is 6.58. The van der Waals surface area contributed by atoms with E-state index in [2.05, 4.69) is 10.4 Å². The van der Waals surface area contributed by atoms with Gasteiger partial charge in [0, 0.05) is 12.2 Å². The maximum atomic E-state index is 12.5. The number of hydrogen-bond acceptors (Lipinski definition) is 6. The molecule has 0 unspecified atom stereocenters. The Bertz CT molecular complexity index is 814. The molecule has 0 aliphatic carbocycles. The zero-order valence-corrected chi connectivity index (χ0v) is 14.7. The summed E-state index contributed by atoms with van der Waals surface area (Å²) in [5.74, 6) is -0.876. The number of aromatic nitrogens is 2. The molecule has 0 atom stereocenters. The number of carbonyl (C=O) groups is 2. The third-order valence-corrected chi connectivity index (χ3v) is 4.53. The van der Waals surface area contributed by atoms with Gasteiger partial charge in [-0.05, 0) is 39.3 Å². The third-order valence-electron chi connectivity index (χ3n) is 3.34. The van der Waals surface area contributed by atoms with Gasteiger partial charge in [0.25, 0.3) is 5.91 Å². The van der Waals surface area contributed by atoms with Crippen molar-refractivity contribution in [3.05, 3.63) is 34.0 Å². The molecule has 0 saturated heterocycles. The first-order chi connectivity index (χ1) is 11.4. The number of amides is 1. The smallest absolute Gasteiger partial charge is 0.348 e. The lowest BCUT2D eigenvalue weighted by atomic mass is 10.2. The molecule has 2 heterocycles. The summed E-state index contributed by atoms with van der Waals surface area (Å²) in [5, 5.41) is 16.5. The van der Waals surface area contributed by atoms with Crippen molar-refractivity contribution in [2.45, 2.75) is 33.7 Å². The quantitative estimate of drug-likeness (QED) is 0.839. The predicted molar refractivity (Wildman–Crippen MR) is 90.3 cm³/mol. The van der Waals surface area contributed by atoms with E-state index in [-0.39, 0.29) is 24.1 Å². The van der Waals surface area contributed by atoms with E-state index < -0.39 is 5.97 Å². The molecular formula is C16H18N4O3S. The minimum atomic E-state index is -0.496. The first kappa shape index (κ1) is 17.7. The average Bonchev–Trinajstić information content (AvgIpc) is 3.12. The van der Waals surface area contributed by atoms with Gasteiger partial charge in [0.2, 0.25) is 0 Å². The number of nitriles is 1. The van der Waals surface area contributed by atoms with Crippen LogP contribution in [0.1, 0.15) is 58.1 Å². The lowest BCUT2D eigenvalue weighted by Gasteiger charge is -2.10. The molecular weight excluding hydrogens is 328 g/mol. The van der Waals surface area contributed by atoms with Crippen molar-refractivity contribution in [1.29, 1.82) is 5.26 Å². The van der Waals surface area contributed by atoms with E-state index in [1.807, 2.05) is 19.9 Å². The Morgan fingerprint density at radius 3 is 2.79 bits per heavy atom. The second kappa shape index (κ2) is 7.27. The van der Waals surface area contributed by atoms with Gasteiger partial charge in [0.05, 0.1) is 12.2 Å². The second-order valence-corrected chi connectivity index (χ2v) is 6.32. The lowest BCUT2D eigenvalue weighted by Crippen LogP contribution is -2.18. The van der Waals surface area contributed by atoms with Crippen LogP contribution in [0.15, 0.2) is 12.3 Å². The van der Waals surface area contributed by atoms with Crippen LogP contribution in [-0.4, -0.2) is 28.3 Å². The van der Waals surface area contributed by atoms with Crippen LogP contribution in [0.25, 0.3) is 0 Å². The van der Waals surface area contributed by atoms with Gasteiger partial charge in [-0.1, -0.05) is 0 Å². The van der Waals surface area contributed by atoms with Crippen LogP contribution in [0.3, 0.4) is 0 Å². The molecule has 2 aromatic rings. The molecule has 0 radical (unpaired) electrons. The highest BCUT2D eigenvalue weighted by Gasteiger charge is 2.23. The van der Waals surface area contributed by atoms with E-state index in [1.165, 1.54) is 0 Å². The Hall–Kier alpha value is -2.66. The highest BCUT2D eigenvalue weighted by molar-refractivity contribution is 7.18. The van der Waals surface area contributed by atoms with E-state index >= 15 is 0 Å². The number of nitrogens with one attached hydrogen (secondary N) is 1. The van der Waals surface area contributed by atoms with Crippen LogP contribution in [0, 0.1) is 18.3 Å². The molecule has 8 heteroatoms. The van der Waals surface area contributed by atoms with Crippen LogP contribution < -0.4 is 5.32 Å². The summed E-state index contributed by atoms with van der Waals surface area (Å²) in [6.45, 7) is 7.45. The van der Waals surface area contributed by atoms with Crippen molar-refractivity contribution in [3.63, 3.8) is 0 Å². The molecule has 0 aromatic carbocycles. The molecule has 2 rings (SSSR count). The molecule has 7 nitrogen and oxygen atoms in total. The van der Waals surface area contributed by atoms with Crippen molar-refractivity contribution in [3.8, 4) is 6.07 Å². The zero-order chi connectivity index (χ0) is 17.9. The fourth-order valence-corrected chi connectivity index (χ4v) is 3.25. The van der Waals surface area contributed by atoms with E-state index in [9.17, 15) is 14.9 Å². The van der Waals surface area contributed by atoms with E-state index in [1.54, 1.807) is 30.8 Å². The Balaban J connectivity index is 2.34. The summed E-state index contributed by atoms with van der Waals surface area (Å²) >= 11 is 1.04. The molecule has 126 valence electrons. The number of esters is 1. The Morgan fingerprint density at radius 1 is 1.50 bits per heavy atom. The van der Waals surface area contributed by atoms with Crippen molar-refractivity contribution < 1.29 is 14.3 Å². The number of anilines is 1. The van der Waals surface area contributed by atoms with E-state index in [4.69, 9.17) is 4.74 Å².